The van der Waals surface area contributed by atoms with E-state index in [1.807, 2.05) is 59.5 Å². The molecule has 5 rings (SSSR count). The smallest absolute Gasteiger partial charge is 0.227 e. The number of aromatic nitrogens is 2. The van der Waals surface area contributed by atoms with Gasteiger partial charge in [0.25, 0.3) is 0 Å². The molecule has 1 fully saturated rings. The van der Waals surface area contributed by atoms with Gasteiger partial charge in [-0.15, -0.1) is 0 Å². The van der Waals surface area contributed by atoms with Crippen LogP contribution in [0.3, 0.4) is 0 Å². The third-order valence-corrected chi connectivity index (χ3v) is 6.90. The molecule has 1 aliphatic rings. The molecule has 0 spiro atoms. The highest BCUT2D eigenvalue weighted by Crippen LogP contribution is 2.34. The minimum Gasteiger partial charge on any atom is -0.497 e. The zero-order chi connectivity index (χ0) is 24.4. The molecule has 0 N–H and O–H groups in total. The minimum absolute atomic E-state index is 0.0388. The van der Waals surface area contributed by atoms with Crippen LogP contribution < -0.4 is 14.4 Å². The predicted molar refractivity (Wildman–Crippen MR) is 138 cm³/mol. The van der Waals surface area contributed by atoms with E-state index in [0.29, 0.717) is 19.6 Å². The molecule has 0 bridgehead atoms. The number of para-hydroxylation sites is 2. The van der Waals surface area contributed by atoms with Crippen LogP contribution in [-0.4, -0.2) is 35.7 Å². The van der Waals surface area contributed by atoms with Crippen molar-refractivity contribution >= 4 is 22.6 Å². The number of carbonyl (C=O) groups excluding carboxylic acids is 1. The van der Waals surface area contributed by atoms with Crippen LogP contribution in [0.1, 0.15) is 35.7 Å². The highest BCUT2D eigenvalue weighted by Gasteiger charge is 2.34. The molecular formula is C29H31N3O3. The van der Waals surface area contributed by atoms with Crippen LogP contribution in [0.5, 0.6) is 11.5 Å². The first kappa shape index (κ1) is 23.0. The third kappa shape index (κ3) is 4.61. The molecule has 1 atom stereocenters. The molecule has 180 valence electrons. The Kier molecular flexibility index (Phi) is 6.45. The number of fused-ring (bicyclic) bond motifs is 1. The molecule has 1 aliphatic heterocycles. The third-order valence-electron chi connectivity index (χ3n) is 6.90. The minimum atomic E-state index is 0.0388. The molecule has 1 aromatic heterocycles. The number of aryl methyl sites for hydroxylation is 2. The fourth-order valence-corrected chi connectivity index (χ4v) is 4.82. The number of carbonyl (C=O) groups is 1. The van der Waals surface area contributed by atoms with Crippen LogP contribution >= 0.6 is 0 Å². The number of imidazole rings is 1. The topological polar surface area (TPSA) is 56.6 Å². The second kappa shape index (κ2) is 9.82. The number of nitrogens with zero attached hydrogens (tertiary/aromatic N) is 3. The van der Waals surface area contributed by atoms with Crippen LogP contribution in [0.15, 0.2) is 66.7 Å². The zero-order valence-corrected chi connectivity index (χ0v) is 20.5. The molecule has 6 heteroatoms. The SMILES string of the molecule is COc1ccc(N2CC(c3nc4ccccc4n3CCCOc3cccc(C)c3C)CC2=O)cc1. The summed E-state index contributed by atoms with van der Waals surface area (Å²) < 4.78 is 13.6. The normalized spacial score (nSPS) is 15.7. The van der Waals surface area contributed by atoms with Gasteiger partial charge in [-0.05, 0) is 73.9 Å². The summed E-state index contributed by atoms with van der Waals surface area (Å²) in [5.41, 5.74) is 5.38. The standard InChI is InChI=1S/C29H31N3O3/c1-20-8-6-11-27(21(20)2)35-17-7-16-31-26-10-5-4-9-25(26)30-29(31)22-18-28(33)32(19-22)23-12-14-24(34-3)15-13-23/h4-6,8-15,22H,7,16-19H2,1-3H3. The lowest BCUT2D eigenvalue weighted by Gasteiger charge is -2.18. The van der Waals surface area contributed by atoms with Crippen molar-refractivity contribution in [1.82, 2.24) is 9.55 Å². The molecule has 0 radical (unpaired) electrons. The largest absolute Gasteiger partial charge is 0.497 e. The van der Waals surface area contributed by atoms with Gasteiger partial charge in [0.2, 0.25) is 5.91 Å². The van der Waals surface area contributed by atoms with E-state index >= 15 is 0 Å². The Hall–Kier alpha value is -3.80. The molecule has 3 aromatic carbocycles. The number of rotatable bonds is 8. The molecule has 35 heavy (non-hydrogen) atoms. The highest BCUT2D eigenvalue weighted by molar-refractivity contribution is 5.96. The van der Waals surface area contributed by atoms with Crippen LogP contribution in [0, 0.1) is 13.8 Å². The first-order valence-corrected chi connectivity index (χ1v) is 12.1. The number of methoxy groups -OCH3 is 1. The number of amides is 1. The average molecular weight is 470 g/mol. The number of hydrogen-bond acceptors (Lipinski definition) is 4. The maximum Gasteiger partial charge on any atom is 0.227 e. The fourth-order valence-electron chi connectivity index (χ4n) is 4.82. The molecular weight excluding hydrogens is 438 g/mol. The summed E-state index contributed by atoms with van der Waals surface area (Å²) in [7, 11) is 1.64. The van der Waals surface area contributed by atoms with Gasteiger partial charge in [0, 0.05) is 31.1 Å². The van der Waals surface area contributed by atoms with E-state index in [4.69, 9.17) is 14.5 Å². The van der Waals surface area contributed by atoms with Gasteiger partial charge in [-0.1, -0.05) is 24.3 Å². The van der Waals surface area contributed by atoms with Crippen molar-refractivity contribution in [2.24, 2.45) is 0 Å². The van der Waals surface area contributed by atoms with Crippen LogP contribution in [-0.2, 0) is 11.3 Å². The highest BCUT2D eigenvalue weighted by atomic mass is 16.5. The second-order valence-electron chi connectivity index (χ2n) is 9.11. The van der Waals surface area contributed by atoms with Gasteiger partial charge >= 0.3 is 0 Å². The lowest BCUT2D eigenvalue weighted by molar-refractivity contribution is -0.117. The van der Waals surface area contributed by atoms with Crippen molar-refractivity contribution in [1.29, 1.82) is 0 Å². The fraction of sp³-hybridized carbons (Fsp3) is 0.310. The lowest BCUT2D eigenvalue weighted by atomic mass is 10.1. The second-order valence-corrected chi connectivity index (χ2v) is 9.11. The Labute approximate surface area is 206 Å². The van der Waals surface area contributed by atoms with Crippen molar-refractivity contribution in [3.63, 3.8) is 0 Å². The van der Waals surface area contributed by atoms with Gasteiger partial charge in [0.05, 0.1) is 24.8 Å². The van der Waals surface area contributed by atoms with E-state index in [1.165, 1.54) is 11.1 Å². The molecule has 2 heterocycles. The van der Waals surface area contributed by atoms with Gasteiger partial charge in [-0.2, -0.15) is 0 Å². The van der Waals surface area contributed by atoms with E-state index in [9.17, 15) is 4.79 Å². The molecule has 0 saturated carbocycles. The summed E-state index contributed by atoms with van der Waals surface area (Å²) in [6, 6.07) is 22.0. The van der Waals surface area contributed by atoms with E-state index in [2.05, 4.69) is 30.5 Å². The van der Waals surface area contributed by atoms with Gasteiger partial charge in [-0.25, -0.2) is 4.98 Å². The quantitative estimate of drug-likeness (QED) is 0.313. The van der Waals surface area contributed by atoms with Gasteiger partial charge in [0.1, 0.15) is 17.3 Å². The summed E-state index contributed by atoms with van der Waals surface area (Å²) in [6.45, 7) is 6.22. The van der Waals surface area contributed by atoms with Crippen LogP contribution in [0.4, 0.5) is 5.69 Å². The van der Waals surface area contributed by atoms with Crippen molar-refractivity contribution in [3.8, 4) is 11.5 Å². The van der Waals surface area contributed by atoms with Crippen molar-refractivity contribution in [2.45, 2.75) is 39.2 Å². The summed E-state index contributed by atoms with van der Waals surface area (Å²) in [5.74, 6) is 2.86. The first-order valence-electron chi connectivity index (χ1n) is 12.1. The summed E-state index contributed by atoms with van der Waals surface area (Å²) in [6.07, 6.45) is 1.30. The predicted octanol–water partition coefficient (Wildman–Crippen LogP) is 5.65. The Morgan fingerprint density at radius 3 is 2.60 bits per heavy atom. The first-order chi connectivity index (χ1) is 17.0. The molecule has 0 aliphatic carbocycles. The Balaban J connectivity index is 1.34. The molecule has 6 nitrogen and oxygen atoms in total. The molecule has 1 unspecified atom stereocenters. The number of benzene rings is 3. The van der Waals surface area contributed by atoms with Crippen molar-refractivity contribution in [2.75, 3.05) is 25.2 Å². The summed E-state index contributed by atoms with van der Waals surface area (Å²) >= 11 is 0. The van der Waals surface area contributed by atoms with E-state index in [-0.39, 0.29) is 11.8 Å². The zero-order valence-electron chi connectivity index (χ0n) is 20.5. The molecule has 4 aromatic rings. The van der Waals surface area contributed by atoms with Crippen LogP contribution in [0.2, 0.25) is 0 Å². The monoisotopic (exact) mass is 469 g/mol. The number of hydrogen-bond donors (Lipinski definition) is 0. The Morgan fingerprint density at radius 1 is 1.00 bits per heavy atom. The maximum absolute atomic E-state index is 13.0. The van der Waals surface area contributed by atoms with Gasteiger partial charge in [0.15, 0.2) is 0 Å². The van der Waals surface area contributed by atoms with Crippen molar-refractivity contribution in [3.05, 3.63) is 83.7 Å². The van der Waals surface area contributed by atoms with Gasteiger partial charge in [-0.3, -0.25) is 4.79 Å². The van der Waals surface area contributed by atoms with Crippen LogP contribution in [0.25, 0.3) is 11.0 Å². The van der Waals surface area contributed by atoms with Gasteiger partial charge < -0.3 is 18.9 Å². The van der Waals surface area contributed by atoms with E-state index in [0.717, 1.165) is 47.0 Å². The van der Waals surface area contributed by atoms with E-state index < -0.39 is 0 Å². The van der Waals surface area contributed by atoms with E-state index in [1.54, 1.807) is 7.11 Å². The van der Waals surface area contributed by atoms with Crippen molar-refractivity contribution < 1.29 is 14.3 Å². The Bertz CT molecular complexity index is 1340. The number of ether oxygens (including phenoxy) is 2. The number of anilines is 1. The molecule has 1 amide bonds. The maximum atomic E-state index is 13.0. The lowest BCUT2D eigenvalue weighted by Crippen LogP contribution is -2.24. The average Bonchev–Trinajstić information content (AvgIpc) is 3.44. The Morgan fingerprint density at radius 2 is 1.80 bits per heavy atom. The summed E-state index contributed by atoms with van der Waals surface area (Å²) in [5, 5.41) is 0. The summed E-state index contributed by atoms with van der Waals surface area (Å²) in [4.78, 5) is 19.8. The molecule has 1 saturated heterocycles.